The summed E-state index contributed by atoms with van der Waals surface area (Å²) in [5.74, 6) is -1.08. The number of carboxylic acids is 1. The molecule has 0 aromatic rings. The molecule has 0 radical (unpaired) electrons. The number of hydrogen-bond acceptors (Lipinski definition) is 3. The van der Waals surface area contributed by atoms with Gasteiger partial charge in [-0.25, -0.2) is 4.79 Å². The summed E-state index contributed by atoms with van der Waals surface area (Å²) in [6.45, 7) is 10.2. The van der Waals surface area contributed by atoms with Crippen molar-refractivity contribution in [2.45, 2.75) is 65.5 Å². The van der Waals surface area contributed by atoms with Gasteiger partial charge in [0.15, 0.2) is 0 Å². The van der Waals surface area contributed by atoms with Crippen LogP contribution in [-0.2, 0) is 9.53 Å². The van der Waals surface area contributed by atoms with Crippen LogP contribution in [0.3, 0.4) is 0 Å². The first-order valence-electron chi connectivity index (χ1n) is 7.78. The Kier molecular flexibility index (Phi) is 3.98. The molecule has 1 aliphatic heterocycles. The van der Waals surface area contributed by atoms with Crippen LogP contribution in [0.5, 0.6) is 0 Å². The van der Waals surface area contributed by atoms with Crippen molar-refractivity contribution in [2.75, 3.05) is 6.54 Å². The van der Waals surface area contributed by atoms with Gasteiger partial charge in [0.2, 0.25) is 0 Å². The zero-order chi connectivity index (χ0) is 16.0. The van der Waals surface area contributed by atoms with E-state index in [4.69, 9.17) is 4.74 Å². The minimum Gasteiger partial charge on any atom is -0.481 e. The van der Waals surface area contributed by atoms with Crippen LogP contribution in [0, 0.1) is 17.3 Å². The number of amides is 1. The van der Waals surface area contributed by atoms with Crippen LogP contribution in [-0.4, -0.2) is 40.3 Å². The molecule has 21 heavy (non-hydrogen) atoms. The van der Waals surface area contributed by atoms with Gasteiger partial charge in [-0.2, -0.15) is 0 Å². The van der Waals surface area contributed by atoms with E-state index < -0.39 is 11.6 Å². The van der Waals surface area contributed by atoms with Gasteiger partial charge >= 0.3 is 12.1 Å². The summed E-state index contributed by atoms with van der Waals surface area (Å²) >= 11 is 0. The zero-order valence-corrected chi connectivity index (χ0v) is 13.7. The summed E-state index contributed by atoms with van der Waals surface area (Å²) in [5.41, 5.74) is -0.765. The third-order valence-corrected chi connectivity index (χ3v) is 4.77. The SMILES string of the molecule is CC(C)(C)OC(=O)N1CCCCC1[C@@H]1[C@@H](C(=O)O)C1(C)C. The van der Waals surface area contributed by atoms with Crippen molar-refractivity contribution in [1.29, 1.82) is 0 Å². The molecule has 1 aliphatic carbocycles. The van der Waals surface area contributed by atoms with Crippen LogP contribution in [0.15, 0.2) is 0 Å². The van der Waals surface area contributed by atoms with Crippen molar-refractivity contribution < 1.29 is 19.4 Å². The Morgan fingerprint density at radius 3 is 2.33 bits per heavy atom. The molecule has 0 bridgehead atoms. The third kappa shape index (κ3) is 3.16. The largest absolute Gasteiger partial charge is 0.481 e. The topological polar surface area (TPSA) is 66.8 Å². The number of aliphatic carboxylic acids is 1. The van der Waals surface area contributed by atoms with Crippen LogP contribution >= 0.6 is 0 Å². The number of rotatable bonds is 2. The normalized spacial score (nSPS) is 31.7. The highest BCUT2D eigenvalue weighted by Gasteiger charge is 2.66. The quantitative estimate of drug-likeness (QED) is 0.850. The van der Waals surface area contributed by atoms with Crippen molar-refractivity contribution in [2.24, 2.45) is 17.3 Å². The Balaban J connectivity index is 2.14. The fourth-order valence-corrected chi connectivity index (χ4v) is 3.75. The van der Waals surface area contributed by atoms with E-state index in [1.165, 1.54) is 0 Å². The highest BCUT2D eigenvalue weighted by atomic mass is 16.6. The molecule has 5 heteroatoms. The Morgan fingerprint density at radius 1 is 1.24 bits per heavy atom. The van der Waals surface area contributed by atoms with E-state index in [9.17, 15) is 14.7 Å². The second kappa shape index (κ2) is 5.18. The number of carboxylic acid groups (broad SMARTS) is 1. The fraction of sp³-hybridized carbons (Fsp3) is 0.875. The molecule has 1 saturated carbocycles. The lowest BCUT2D eigenvalue weighted by Gasteiger charge is -2.37. The summed E-state index contributed by atoms with van der Waals surface area (Å²) in [6.07, 6.45) is 2.57. The molecular weight excluding hydrogens is 270 g/mol. The summed E-state index contributed by atoms with van der Waals surface area (Å²) in [6, 6.07) is -0.00954. The van der Waals surface area contributed by atoms with Crippen LogP contribution in [0.25, 0.3) is 0 Å². The monoisotopic (exact) mass is 297 g/mol. The van der Waals surface area contributed by atoms with Gasteiger partial charge in [-0.15, -0.1) is 0 Å². The van der Waals surface area contributed by atoms with E-state index in [0.717, 1.165) is 19.3 Å². The van der Waals surface area contributed by atoms with Crippen molar-refractivity contribution in [1.82, 2.24) is 4.90 Å². The number of carbonyl (C=O) groups excluding carboxylic acids is 1. The standard InChI is InChI=1S/C16H27NO4/c1-15(2,3)21-14(20)17-9-7-6-8-10(17)11-12(13(18)19)16(11,4)5/h10-12H,6-9H2,1-5H3,(H,18,19)/t10?,11-,12+/m1/s1. The number of hydrogen-bond donors (Lipinski definition) is 1. The molecule has 2 aliphatic rings. The minimum absolute atomic E-state index is 0.00954. The Morgan fingerprint density at radius 2 is 1.86 bits per heavy atom. The van der Waals surface area contributed by atoms with Crippen LogP contribution < -0.4 is 0 Å². The number of piperidine rings is 1. The number of ether oxygens (including phenoxy) is 1. The highest BCUT2D eigenvalue weighted by molar-refractivity contribution is 5.76. The molecule has 1 N–H and O–H groups in total. The molecule has 3 atom stereocenters. The Hall–Kier alpha value is -1.26. The first-order valence-corrected chi connectivity index (χ1v) is 7.78. The molecule has 1 saturated heterocycles. The molecule has 1 amide bonds. The van der Waals surface area contributed by atoms with Gasteiger partial charge in [0.05, 0.1) is 5.92 Å². The summed E-state index contributed by atoms with van der Waals surface area (Å²) in [7, 11) is 0. The maximum Gasteiger partial charge on any atom is 0.410 e. The van der Waals surface area contributed by atoms with Gasteiger partial charge < -0.3 is 14.7 Å². The molecule has 1 heterocycles. The molecule has 1 unspecified atom stereocenters. The Labute approximate surface area is 126 Å². The smallest absolute Gasteiger partial charge is 0.410 e. The summed E-state index contributed by atoms with van der Waals surface area (Å²) < 4.78 is 5.49. The molecule has 2 fully saturated rings. The number of likely N-dealkylation sites (tertiary alicyclic amines) is 1. The second-order valence-electron chi connectivity index (χ2n) is 7.90. The molecular formula is C16H27NO4. The number of carbonyl (C=O) groups is 2. The second-order valence-corrected chi connectivity index (χ2v) is 7.90. The summed E-state index contributed by atoms with van der Waals surface area (Å²) in [5, 5.41) is 9.37. The molecule has 120 valence electrons. The zero-order valence-electron chi connectivity index (χ0n) is 13.7. The molecule has 5 nitrogen and oxygen atoms in total. The van der Waals surface area contributed by atoms with Crippen LogP contribution in [0.1, 0.15) is 53.9 Å². The minimum atomic E-state index is -0.750. The lowest BCUT2D eigenvalue weighted by Crippen LogP contribution is -2.48. The average molecular weight is 297 g/mol. The van der Waals surface area contributed by atoms with Gasteiger partial charge in [-0.05, 0) is 51.4 Å². The third-order valence-electron chi connectivity index (χ3n) is 4.77. The van der Waals surface area contributed by atoms with Crippen LogP contribution in [0.2, 0.25) is 0 Å². The fourth-order valence-electron chi connectivity index (χ4n) is 3.75. The van der Waals surface area contributed by atoms with E-state index in [1.807, 2.05) is 34.6 Å². The van der Waals surface area contributed by atoms with Crippen molar-refractivity contribution in [3.8, 4) is 0 Å². The van der Waals surface area contributed by atoms with Gasteiger partial charge in [0.25, 0.3) is 0 Å². The number of nitrogens with zero attached hydrogens (tertiary/aromatic N) is 1. The van der Waals surface area contributed by atoms with Gasteiger partial charge in [-0.1, -0.05) is 13.8 Å². The predicted molar refractivity (Wildman–Crippen MR) is 79.0 cm³/mol. The van der Waals surface area contributed by atoms with E-state index in [2.05, 4.69) is 0 Å². The van der Waals surface area contributed by atoms with Crippen molar-refractivity contribution >= 4 is 12.1 Å². The van der Waals surface area contributed by atoms with Gasteiger partial charge in [0, 0.05) is 12.6 Å². The van der Waals surface area contributed by atoms with E-state index in [-0.39, 0.29) is 29.4 Å². The Bertz CT molecular complexity index is 438. The van der Waals surface area contributed by atoms with E-state index in [1.54, 1.807) is 4.90 Å². The average Bonchev–Trinajstić information content (AvgIpc) is 2.90. The first kappa shape index (κ1) is 16.1. The molecule has 0 aromatic heterocycles. The summed E-state index contributed by atoms with van der Waals surface area (Å²) in [4.78, 5) is 25.6. The lowest BCUT2D eigenvalue weighted by molar-refractivity contribution is -0.139. The molecule has 2 rings (SSSR count). The van der Waals surface area contributed by atoms with E-state index in [0.29, 0.717) is 6.54 Å². The maximum atomic E-state index is 12.4. The van der Waals surface area contributed by atoms with Crippen molar-refractivity contribution in [3.63, 3.8) is 0 Å². The molecule has 0 spiro atoms. The van der Waals surface area contributed by atoms with Crippen LogP contribution in [0.4, 0.5) is 4.79 Å². The maximum absolute atomic E-state index is 12.4. The lowest BCUT2D eigenvalue weighted by atomic mass is 9.94. The van der Waals surface area contributed by atoms with Crippen molar-refractivity contribution in [3.05, 3.63) is 0 Å². The highest BCUT2D eigenvalue weighted by Crippen LogP contribution is 2.62. The molecule has 0 aromatic carbocycles. The van der Waals surface area contributed by atoms with Gasteiger partial charge in [-0.3, -0.25) is 4.79 Å². The predicted octanol–water partition coefficient (Wildman–Crippen LogP) is 3.13. The van der Waals surface area contributed by atoms with E-state index >= 15 is 0 Å². The first-order chi connectivity index (χ1) is 9.55. The van der Waals surface area contributed by atoms with Gasteiger partial charge in [0.1, 0.15) is 5.60 Å².